The highest BCUT2D eigenvalue weighted by Crippen LogP contribution is 2.19. The second-order valence-corrected chi connectivity index (χ2v) is 4.70. The molecule has 2 unspecified atom stereocenters. The van der Waals surface area contributed by atoms with Gasteiger partial charge in [-0.3, -0.25) is 0 Å². The largest absolute Gasteiger partial charge is 0.381 e. The number of nitrogens with zero attached hydrogens (tertiary/aromatic N) is 2. The summed E-state index contributed by atoms with van der Waals surface area (Å²) in [5, 5.41) is 3.45. The number of hydrogen-bond donors (Lipinski definition) is 1. The van der Waals surface area contributed by atoms with Gasteiger partial charge in [-0.25, -0.2) is 9.97 Å². The summed E-state index contributed by atoms with van der Waals surface area (Å²) in [6.07, 6.45) is 4.91. The molecule has 2 rings (SSSR count). The zero-order valence-electron chi connectivity index (χ0n) is 10.6. The van der Waals surface area contributed by atoms with E-state index in [2.05, 4.69) is 35.2 Å². The highest BCUT2D eigenvalue weighted by molar-refractivity contribution is 5.36. The van der Waals surface area contributed by atoms with Gasteiger partial charge in [-0.1, -0.05) is 13.3 Å². The minimum absolute atomic E-state index is 0.405. The molecule has 94 valence electrons. The zero-order chi connectivity index (χ0) is 12.1. The third kappa shape index (κ3) is 3.40. The Kier molecular flexibility index (Phi) is 4.31. The van der Waals surface area contributed by atoms with Crippen LogP contribution in [-0.4, -0.2) is 29.2 Å². The van der Waals surface area contributed by atoms with Crippen molar-refractivity contribution in [2.45, 2.75) is 39.2 Å². The maximum absolute atomic E-state index is 5.41. The zero-order valence-corrected chi connectivity index (χ0v) is 10.6. The first-order valence-corrected chi connectivity index (χ1v) is 6.44. The molecule has 1 aliphatic heterocycles. The summed E-state index contributed by atoms with van der Waals surface area (Å²) in [7, 11) is 0. The van der Waals surface area contributed by atoms with Crippen LogP contribution in [0, 0.1) is 5.92 Å². The standard InChI is InChI=1S/C13H21N3O/c1-3-4-12-7-13(15-9-14-12)16-10(2)11-5-6-17-8-11/h7,9-11H,3-6,8H2,1-2H3,(H,14,15,16). The third-order valence-electron chi connectivity index (χ3n) is 3.28. The van der Waals surface area contributed by atoms with Crippen LogP contribution in [0.2, 0.25) is 0 Å². The maximum atomic E-state index is 5.41. The highest BCUT2D eigenvalue weighted by Gasteiger charge is 2.22. The van der Waals surface area contributed by atoms with E-state index in [0.29, 0.717) is 12.0 Å². The Bertz CT molecular complexity index is 350. The van der Waals surface area contributed by atoms with Crippen molar-refractivity contribution in [1.82, 2.24) is 9.97 Å². The summed E-state index contributed by atoms with van der Waals surface area (Å²) in [6, 6.07) is 2.46. The van der Waals surface area contributed by atoms with E-state index in [1.165, 1.54) is 0 Å². The van der Waals surface area contributed by atoms with Crippen LogP contribution in [0.1, 0.15) is 32.4 Å². The lowest BCUT2D eigenvalue weighted by atomic mass is 10.0. The molecule has 1 fully saturated rings. The predicted molar refractivity (Wildman–Crippen MR) is 68.0 cm³/mol. The Morgan fingerprint density at radius 2 is 2.41 bits per heavy atom. The SMILES string of the molecule is CCCc1cc(NC(C)C2CCOC2)ncn1. The minimum Gasteiger partial charge on any atom is -0.381 e. The summed E-state index contributed by atoms with van der Waals surface area (Å²) < 4.78 is 5.41. The van der Waals surface area contributed by atoms with Crippen molar-refractivity contribution in [2.75, 3.05) is 18.5 Å². The van der Waals surface area contributed by atoms with Crippen LogP contribution in [0.3, 0.4) is 0 Å². The number of rotatable bonds is 5. The number of nitrogens with one attached hydrogen (secondary N) is 1. The first-order chi connectivity index (χ1) is 8.29. The summed E-state index contributed by atoms with van der Waals surface area (Å²) in [5.74, 6) is 1.53. The molecule has 0 aromatic carbocycles. The predicted octanol–water partition coefficient (Wildman–Crippen LogP) is 2.27. The van der Waals surface area contributed by atoms with Crippen LogP contribution in [-0.2, 0) is 11.2 Å². The molecule has 0 bridgehead atoms. The van der Waals surface area contributed by atoms with E-state index in [0.717, 1.165) is 44.0 Å². The molecule has 2 heterocycles. The Morgan fingerprint density at radius 1 is 1.53 bits per heavy atom. The fourth-order valence-corrected chi connectivity index (χ4v) is 2.17. The average molecular weight is 235 g/mol. The van der Waals surface area contributed by atoms with Gasteiger partial charge in [0.1, 0.15) is 12.1 Å². The minimum atomic E-state index is 0.405. The average Bonchev–Trinajstić information content (AvgIpc) is 2.83. The van der Waals surface area contributed by atoms with Gasteiger partial charge in [0, 0.05) is 30.3 Å². The molecule has 1 aliphatic rings. The van der Waals surface area contributed by atoms with Gasteiger partial charge >= 0.3 is 0 Å². The van der Waals surface area contributed by atoms with Crippen molar-refractivity contribution in [3.05, 3.63) is 18.1 Å². The van der Waals surface area contributed by atoms with E-state index < -0.39 is 0 Å². The van der Waals surface area contributed by atoms with E-state index in [1.54, 1.807) is 6.33 Å². The normalized spacial score (nSPS) is 21.4. The van der Waals surface area contributed by atoms with Crippen molar-refractivity contribution in [1.29, 1.82) is 0 Å². The Morgan fingerprint density at radius 3 is 3.12 bits per heavy atom. The van der Waals surface area contributed by atoms with Crippen molar-refractivity contribution in [2.24, 2.45) is 5.92 Å². The van der Waals surface area contributed by atoms with E-state index in [1.807, 2.05) is 0 Å². The van der Waals surface area contributed by atoms with Crippen molar-refractivity contribution in [3.63, 3.8) is 0 Å². The monoisotopic (exact) mass is 235 g/mol. The van der Waals surface area contributed by atoms with Crippen molar-refractivity contribution in [3.8, 4) is 0 Å². The molecule has 0 amide bonds. The van der Waals surface area contributed by atoms with Gasteiger partial charge in [-0.2, -0.15) is 0 Å². The van der Waals surface area contributed by atoms with Gasteiger partial charge in [-0.05, 0) is 19.8 Å². The molecule has 2 atom stereocenters. The van der Waals surface area contributed by atoms with Crippen LogP contribution in [0.5, 0.6) is 0 Å². The molecule has 0 spiro atoms. The van der Waals surface area contributed by atoms with Crippen LogP contribution in [0.25, 0.3) is 0 Å². The number of aryl methyl sites for hydroxylation is 1. The number of ether oxygens (including phenoxy) is 1. The lowest BCUT2D eigenvalue weighted by molar-refractivity contribution is 0.183. The second-order valence-electron chi connectivity index (χ2n) is 4.70. The maximum Gasteiger partial charge on any atom is 0.129 e. The van der Waals surface area contributed by atoms with Crippen LogP contribution in [0.4, 0.5) is 5.82 Å². The molecule has 1 aromatic heterocycles. The lowest BCUT2D eigenvalue weighted by Crippen LogP contribution is -2.26. The summed E-state index contributed by atoms with van der Waals surface area (Å²) in [4.78, 5) is 8.53. The van der Waals surface area contributed by atoms with Gasteiger partial charge < -0.3 is 10.1 Å². The summed E-state index contributed by atoms with van der Waals surface area (Å²) in [5.41, 5.74) is 1.11. The van der Waals surface area contributed by atoms with Crippen molar-refractivity contribution >= 4 is 5.82 Å². The first-order valence-electron chi connectivity index (χ1n) is 6.44. The van der Waals surface area contributed by atoms with E-state index >= 15 is 0 Å². The Hall–Kier alpha value is -1.16. The number of aromatic nitrogens is 2. The molecule has 1 aromatic rings. The molecule has 0 radical (unpaired) electrons. The topological polar surface area (TPSA) is 47.0 Å². The smallest absolute Gasteiger partial charge is 0.129 e. The molecule has 4 nitrogen and oxygen atoms in total. The second kappa shape index (κ2) is 5.96. The van der Waals surface area contributed by atoms with Crippen molar-refractivity contribution < 1.29 is 4.74 Å². The molecule has 17 heavy (non-hydrogen) atoms. The fourth-order valence-electron chi connectivity index (χ4n) is 2.17. The molecular weight excluding hydrogens is 214 g/mol. The fraction of sp³-hybridized carbons (Fsp3) is 0.692. The van der Waals surface area contributed by atoms with E-state index in [4.69, 9.17) is 4.74 Å². The highest BCUT2D eigenvalue weighted by atomic mass is 16.5. The number of hydrogen-bond acceptors (Lipinski definition) is 4. The van der Waals surface area contributed by atoms with Gasteiger partial charge in [0.05, 0.1) is 6.61 Å². The molecule has 1 N–H and O–H groups in total. The summed E-state index contributed by atoms with van der Waals surface area (Å²) >= 11 is 0. The number of anilines is 1. The molecule has 0 aliphatic carbocycles. The quantitative estimate of drug-likeness (QED) is 0.850. The Labute approximate surface area is 103 Å². The summed E-state index contributed by atoms with van der Waals surface area (Å²) in [6.45, 7) is 6.11. The van der Waals surface area contributed by atoms with Gasteiger partial charge in [0.15, 0.2) is 0 Å². The van der Waals surface area contributed by atoms with E-state index in [-0.39, 0.29) is 0 Å². The van der Waals surface area contributed by atoms with Gasteiger partial charge in [0.2, 0.25) is 0 Å². The first kappa shape index (κ1) is 12.3. The Balaban J connectivity index is 1.94. The molecule has 1 saturated heterocycles. The van der Waals surface area contributed by atoms with Crippen LogP contribution >= 0.6 is 0 Å². The van der Waals surface area contributed by atoms with E-state index in [9.17, 15) is 0 Å². The van der Waals surface area contributed by atoms with Crippen LogP contribution < -0.4 is 5.32 Å². The molecular formula is C13H21N3O. The van der Waals surface area contributed by atoms with Crippen LogP contribution in [0.15, 0.2) is 12.4 Å². The van der Waals surface area contributed by atoms with Gasteiger partial charge in [0.25, 0.3) is 0 Å². The lowest BCUT2D eigenvalue weighted by Gasteiger charge is -2.19. The van der Waals surface area contributed by atoms with Gasteiger partial charge in [-0.15, -0.1) is 0 Å². The molecule has 4 heteroatoms. The molecule has 0 saturated carbocycles. The third-order valence-corrected chi connectivity index (χ3v) is 3.28.